The summed E-state index contributed by atoms with van der Waals surface area (Å²) in [5.74, 6) is 1.16. The van der Waals surface area contributed by atoms with E-state index in [9.17, 15) is 4.79 Å². The van der Waals surface area contributed by atoms with Crippen LogP contribution in [-0.4, -0.2) is 117 Å². The lowest BCUT2D eigenvalue weighted by Gasteiger charge is -2.53. The van der Waals surface area contributed by atoms with E-state index in [1.165, 1.54) is 5.56 Å². The quantitative estimate of drug-likeness (QED) is 0.553. The van der Waals surface area contributed by atoms with Gasteiger partial charge in [-0.25, -0.2) is 0 Å². The van der Waals surface area contributed by atoms with Crippen LogP contribution < -0.4 is 4.74 Å². The van der Waals surface area contributed by atoms with E-state index in [0.29, 0.717) is 18.6 Å². The van der Waals surface area contributed by atoms with E-state index >= 15 is 0 Å². The molecule has 10 nitrogen and oxygen atoms in total. The van der Waals surface area contributed by atoms with Gasteiger partial charge in [0.1, 0.15) is 5.75 Å². The summed E-state index contributed by atoms with van der Waals surface area (Å²) in [5.41, 5.74) is 0.816. The average molecular weight is 482 g/mol. The minimum absolute atomic E-state index is 0.250. The van der Waals surface area contributed by atoms with Crippen molar-refractivity contribution in [2.24, 2.45) is 5.41 Å². The third-order valence-corrected chi connectivity index (χ3v) is 6.18. The number of ether oxygens (including phenoxy) is 2. The van der Waals surface area contributed by atoms with Crippen LogP contribution in [0.2, 0.25) is 0 Å². The topological polar surface area (TPSA) is 120 Å². The van der Waals surface area contributed by atoms with Crippen molar-refractivity contribution in [3.8, 4) is 5.75 Å². The number of hydrogen-bond acceptors (Lipinski definition) is 7. The largest absolute Gasteiger partial charge is 0.497 e. The number of carboxylic acid groups (broad SMARTS) is 2. The second kappa shape index (κ2) is 15.3. The van der Waals surface area contributed by atoms with Gasteiger partial charge >= 0.3 is 0 Å². The van der Waals surface area contributed by atoms with Gasteiger partial charge < -0.3 is 29.5 Å². The maximum atomic E-state index is 13.7. The Morgan fingerprint density at radius 2 is 1.76 bits per heavy atom. The molecule has 2 heterocycles. The van der Waals surface area contributed by atoms with Crippen LogP contribution >= 0.6 is 0 Å². The minimum Gasteiger partial charge on any atom is -0.497 e. The molecule has 0 aromatic heterocycles. The molecule has 1 atom stereocenters. The van der Waals surface area contributed by atoms with Crippen LogP contribution in [0.3, 0.4) is 0 Å². The Morgan fingerprint density at radius 1 is 1.12 bits per heavy atom. The zero-order chi connectivity index (χ0) is 25.6. The van der Waals surface area contributed by atoms with Crippen molar-refractivity contribution in [2.75, 3.05) is 67.1 Å². The molecule has 1 unspecified atom stereocenters. The molecule has 2 fully saturated rings. The Bertz CT molecular complexity index is 750. The summed E-state index contributed by atoms with van der Waals surface area (Å²) in [6.07, 6.45) is 1.80. The van der Waals surface area contributed by atoms with E-state index in [-0.39, 0.29) is 18.4 Å². The molecule has 0 aliphatic carbocycles. The first kappa shape index (κ1) is 29.3. The SMILES string of the molecule is COCC(C)N1CC(Cc2cccc(OC)c2)(C(=O)N2CCCN(C)CC2)C1.O=CO.O=CO. The van der Waals surface area contributed by atoms with Gasteiger partial charge in [-0.05, 0) is 51.1 Å². The van der Waals surface area contributed by atoms with Crippen LogP contribution in [0.15, 0.2) is 24.3 Å². The summed E-state index contributed by atoms with van der Waals surface area (Å²) < 4.78 is 10.7. The van der Waals surface area contributed by atoms with E-state index in [1.807, 2.05) is 12.1 Å². The lowest BCUT2D eigenvalue weighted by Crippen LogP contribution is -2.67. The first-order chi connectivity index (χ1) is 16.3. The highest BCUT2D eigenvalue weighted by molar-refractivity contribution is 5.85. The number of carbonyl (C=O) groups excluding carboxylic acids is 1. The molecule has 1 aromatic carbocycles. The fourth-order valence-corrected chi connectivity index (χ4v) is 4.47. The fraction of sp³-hybridized carbons (Fsp3) is 0.625. The first-order valence-electron chi connectivity index (χ1n) is 11.3. The number of likely N-dealkylation sites (tertiary alicyclic amines) is 1. The van der Waals surface area contributed by atoms with Gasteiger partial charge in [0.15, 0.2) is 0 Å². The summed E-state index contributed by atoms with van der Waals surface area (Å²) in [6, 6.07) is 8.46. The normalized spacial score (nSPS) is 18.5. The fourth-order valence-electron chi connectivity index (χ4n) is 4.47. The van der Waals surface area contributed by atoms with Gasteiger partial charge in [-0.15, -0.1) is 0 Å². The van der Waals surface area contributed by atoms with E-state index < -0.39 is 0 Å². The monoisotopic (exact) mass is 481 g/mol. The van der Waals surface area contributed by atoms with Gasteiger partial charge in [-0.2, -0.15) is 0 Å². The molecule has 1 aromatic rings. The maximum Gasteiger partial charge on any atom is 0.290 e. The highest BCUT2D eigenvalue weighted by atomic mass is 16.5. The number of amides is 1. The molecule has 0 radical (unpaired) electrons. The zero-order valence-corrected chi connectivity index (χ0v) is 20.7. The van der Waals surface area contributed by atoms with E-state index in [0.717, 1.165) is 57.9 Å². The standard InChI is InChI=1S/C22H35N3O3.2CH2O2/c1-18(15-27-3)25-16-22(17-25,14-19-7-5-8-20(13-19)28-4)21(26)24-10-6-9-23(2)11-12-24;2*2-1-3/h5,7-8,13,18H,6,9-12,14-17H2,1-4H3;2*1H,(H,2,3). The molecule has 2 N–H and O–H groups in total. The summed E-state index contributed by atoms with van der Waals surface area (Å²) in [7, 11) is 5.56. The molecule has 0 saturated carbocycles. The zero-order valence-electron chi connectivity index (χ0n) is 20.7. The van der Waals surface area contributed by atoms with E-state index in [1.54, 1.807) is 14.2 Å². The molecule has 3 rings (SSSR count). The molecule has 10 heteroatoms. The van der Waals surface area contributed by atoms with Crippen molar-refractivity contribution in [1.29, 1.82) is 0 Å². The Hall–Kier alpha value is -2.69. The smallest absolute Gasteiger partial charge is 0.290 e. The van der Waals surface area contributed by atoms with Crippen molar-refractivity contribution >= 4 is 18.9 Å². The predicted molar refractivity (Wildman–Crippen MR) is 128 cm³/mol. The Balaban J connectivity index is 0.000000872. The third kappa shape index (κ3) is 8.58. The number of nitrogens with zero attached hydrogens (tertiary/aromatic N) is 3. The molecule has 34 heavy (non-hydrogen) atoms. The van der Waals surface area contributed by atoms with Crippen LogP contribution in [0.1, 0.15) is 18.9 Å². The van der Waals surface area contributed by atoms with Crippen molar-refractivity contribution in [1.82, 2.24) is 14.7 Å². The van der Waals surface area contributed by atoms with Crippen molar-refractivity contribution in [3.05, 3.63) is 29.8 Å². The van der Waals surface area contributed by atoms with Gasteiger partial charge in [-0.3, -0.25) is 19.3 Å². The van der Waals surface area contributed by atoms with Gasteiger partial charge in [-0.1, -0.05) is 12.1 Å². The summed E-state index contributed by atoms with van der Waals surface area (Å²) >= 11 is 0. The molecule has 1 amide bonds. The lowest BCUT2D eigenvalue weighted by atomic mass is 9.72. The number of rotatable bonds is 7. The number of methoxy groups -OCH3 is 2. The number of carbonyl (C=O) groups is 3. The molecule has 2 aliphatic rings. The van der Waals surface area contributed by atoms with Crippen molar-refractivity contribution < 1.29 is 34.1 Å². The molecule has 2 aliphatic heterocycles. The number of likely N-dealkylation sites (N-methyl/N-ethyl adjacent to an activating group) is 1. The second-order valence-electron chi connectivity index (χ2n) is 8.68. The Kier molecular flexibility index (Phi) is 13.2. The second-order valence-corrected chi connectivity index (χ2v) is 8.68. The van der Waals surface area contributed by atoms with Crippen LogP contribution in [-0.2, 0) is 25.5 Å². The van der Waals surface area contributed by atoms with Crippen LogP contribution in [0, 0.1) is 5.41 Å². The number of benzene rings is 1. The molecular weight excluding hydrogens is 442 g/mol. The maximum absolute atomic E-state index is 13.7. The van der Waals surface area contributed by atoms with Gasteiger partial charge in [0.25, 0.3) is 12.9 Å². The van der Waals surface area contributed by atoms with E-state index in [2.05, 4.69) is 40.8 Å². The van der Waals surface area contributed by atoms with Crippen molar-refractivity contribution in [3.63, 3.8) is 0 Å². The Morgan fingerprint density at radius 3 is 2.35 bits per heavy atom. The van der Waals surface area contributed by atoms with E-state index in [4.69, 9.17) is 29.3 Å². The molecule has 2 saturated heterocycles. The first-order valence-corrected chi connectivity index (χ1v) is 11.3. The summed E-state index contributed by atoms with van der Waals surface area (Å²) in [4.78, 5) is 37.2. The molecule has 0 bridgehead atoms. The highest BCUT2D eigenvalue weighted by Crippen LogP contribution is 2.38. The number of hydrogen-bond donors (Lipinski definition) is 2. The highest BCUT2D eigenvalue weighted by Gasteiger charge is 2.51. The third-order valence-electron chi connectivity index (χ3n) is 6.18. The molecule has 192 valence electrons. The van der Waals surface area contributed by atoms with Crippen LogP contribution in [0.4, 0.5) is 0 Å². The summed E-state index contributed by atoms with van der Waals surface area (Å²) in [5, 5.41) is 13.8. The molecular formula is C24H39N3O7. The Labute approximate surface area is 202 Å². The minimum atomic E-state index is -0.350. The van der Waals surface area contributed by atoms with Gasteiger partial charge in [0.2, 0.25) is 5.91 Å². The molecule has 0 spiro atoms. The van der Waals surface area contributed by atoms with Crippen LogP contribution in [0.5, 0.6) is 5.75 Å². The van der Waals surface area contributed by atoms with Crippen molar-refractivity contribution in [2.45, 2.75) is 25.8 Å². The average Bonchev–Trinajstić information content (AvgIpc) is 3.01. The van der Waals surface area contributed by atoms with Gasteiger partial charge in [0, 0.05) is 45.9 Å². The van der Waals surface area contributed by atoms with Crippen LogP contribution in [0.25, 0.3) is 0 Å². The van der Waals surface area contributed by atoms with Gasteiger partial charge in [0.05, 0.1) is 19.1 Å². The predicted octanol–water partition coefficient (Wildman–Crippen LogP) is 1.14. The lowest BCUT2D eigenvalue weighted by molar-refractivity contribution is -0.156. The summed E-state index contributed by atoms with van der Waals surface area (Å²) in [6.45, 7) is 7.63.